The number of primary amides is 1. The second-order valence-corrected chi connectivity index (χ2v) is 5.98. The maximum absolute atomic E-state index is 12.6. The zero-order valence-corrected chi connectivity index (χ0v) is 14.8. The molecule has 1 aromatic rings. The van der Waals surface area contributed by atoms with Crippen LogP contribution in [0.2, 0.25) is 0 Å². The Kier molecular flexibility index (Phi) is 8.37. The van der Waals surface area contributed by atoms with Gasteiger partial charge in [0.25, 0.3) is 0 Å². The number of aliphatic carboxylic acids is 1. The van der Waals surface area contributed by atoms with Gasteiger partial charge in [0.1, 0.15) is 6.04 Å². The predicted molar refractivity (Wildman–Crippen MR) is 95.1 cm³/mol. The summed E-state index contributed by atoms with van der Waals surface area (Å²) < 4.78 is 0. The fraction of sp³-hybridized carbons (Fsp3) is 0.471. The molecule has 1 aliphatic heterocycles. The van der Waals surface area contributed by atoms with E-state index >= 15 is 0 Å². The predicted octanol–water partition coefficient (Wildman–Crippen LogP) is 0.861. The molecule has 0 spiro atoms. The lowest BCUT2D eigenvalue weighted by Gasteiger charge is -2.27. The third kappa shape index (κ3) is 6.36. The third-order valence-electron chi connectivity index (χ3n) is 4.18. The maximum atomic E-state index is 12.6. The first kappa shape index (κ1) is 20.9. The number of carbonyl (C=O) groups excluding carboxylic acids is 2. The van der Waals surface area contributed by atoms with Crippen molar-refractivity contribution in [1.82, 2.24) is 9.80 Å². The highest BCUT2D eigenvalue weighted by molar-refractivity contribution is 5.85. The lowest BCUT2D eigenvalue weighted by atomic mass is 10.2. The standard InChI is InChI=1S/C17H23N3O4.ClH/c18-15(21)8-10-20(11-13-5-2-1-3-6-13)16(22)12-19-9-4-7-14(19)17(23)24;/h1-3,5-6,14H,4,7-12H2,(H2,18,21)(H,23,24);1H. The minimum atomic E-state index is -0.896. The van der Waals surface area contributed by atoms with Gasteiger partial charge < -0.3 is 15.7 Å². The number of likely N-dealkylation sites (tertiary alicyclic amines) is 1. The van der Waals surface area contributed by atoms with E-state index in [-0.39, 0.29) is 37.8 Å². The first-order valence-electron chi connectivity index (χ1n) is 8.04. The largest absolute Gasteiger partial charge is 0.480 e. The number of hydrogen-bond donors (Lipinski definition) is 2. The minimum absolute atomic E-state index is 0. The number of carboxylic acids is 1. The SMILES string of the molecule is Cl.NC(=O)CCN(Cc1ccccc1)C(=O)CN1CCCC1C(=O)O. The number of nitrogens with zero attached hydrogens (tertiary/aromatic N) is 2. The van der Waals surface area contributed by atoms with E-state index < -0.39 is 17.9 Å². The van der Waals surface area contributed by atoms with E-state index in [1.54, 1.807) is 9.80 Å². The number of rotatable bonds is 8. The Morgan fingerprint density at radius 1 is 1.24 bits per heavy atom. The van der Waals surface area contributed by atoms with Gasteiger partial charge in [0.05, 0.1) is 6.54 Å². The highest BCUT2D eigenvalue weighted by atomic mass is 35.5. The van der Waals surface area contributed by atoms with Gasteiger partial charge in [-0.3, -0.25) is 19.3 Å². The van der Waals surface area contributed by atoms with Crippen molar-refractivity contribution in [1.29, 1.82) is 0 Å². The number of hydrogen-bond acceptors (Lipinski definition) is 4. The molecule has 1 atom stereocenters. The highest BCUT2D eigenvalue weighted by Gasteiger charge is 2.32. The molecule has 1 unspecified atom stereocenters. The van der Waals surface area contributed by atoms with Crippen molar-refractivity contribution < 1.29 is 19.5 Å². The molecule has 0 saturated carbocycles. The molecular formula is C17H24ClN3O4. The summed E-state index contributed by atoms with van der Waals surface area (Å²) in [7, 11) is 0. The number of carbonyl (C=O) groups is 3. The van der Waals surface area contributed by atoms with Gasteiger partial charge in [0, 0.05) is 19.5 Å². The van der Waals surface area contributed by atoms with Gasteiger partial charge in [-0.15, -0.1) is 12.4 Å². The summed E-state index contributed by atoms with van der Waals surface area (Å²) in [5.41, 5.74) is 6.15. The van der Waals surface area contributed by atoms with Gasteiger partial charge in [-0.25, -0.2) is 0 Å². The van der Waals surface area contributed by atoms with E-state index in [1.807, 2.05) is 30.3 Å². The quantitative estimate of drug-likeness (QED) is 0.707. The molecule has 1 saturated heterocycles. The molecule has 0 radical (unpaired) electrons. The van der Waals surface area contributed by atoms with E-state index in [9.17, 15) is 19.5 Å². The lowest BCUT2D eigenvalue weighted by Crippen LogP contribution is -2.45. The lowest BCUT2D eigenvalue weighted by molar-refractivity contribution is -0.143. The Morgan fingerprint density at radius 2 is 1.92 bits per heavy atom. The van der Waals surface area contributed by atoms with Crippen LogP contribution in [-0.2, 0) is 20.9 Å². The van der Waals surface area contributed by atoms with Crippen LogP contribution in [0.25, 0.3) is 0 Å². The van der Waals surface area contributed by atoms with Gasteiger partial charge >= 0.3 is 5.97 Å². The van der Waals surface area contributed by atoms with Gasteiger partial charge in [0.15, 0.2) is 0 Å². The molecule has 0 bridgehead atoms. The van der Waals surface area contributed by atoms with Crippen molar-refractivity contribution in [2.24, 2.45) is 5.73 Å². The summed E-state index contributed by atoms with van der Waals surface area (Å²) in [6.45, 7) is 1.24. The molecule has 2 rings (SSSR count). The van der Waals surface area contributed by atoms with Gasteiger partial charge in [-0.2, -0.15) is 0 Å². The molecular weight excluding hydrogens is 346 g/mol. The fourth-order valence-electron chi connectivity index (χ4n) is 2.91. The Balaban J connectivity index is 0.00000312. The van der Waals surface area contributed by atoms with Crippen LogP contribution in [0.3, 0.4) is 0 Å². The van der Waals surface area contributed by atoms with Gasteiger partial charge in [-0.05, 0) is 24.9 Å². The van der Waals surface area contributed by atoms with Crippen molar-refractivity contribution in [2.75, 3.05) is 19.6 Å². The fourth-order valence-corrected chi connectivity index (χ4v) is 2.91. The Bertz CT molecular complexity index is 597. The normalized spacial score (nSPS) is 16.9. The van der Waals surface area contributed by atoms with Crippen molar-refractivity contribution >= 4 is 30.2 Å². The van der Waals surface area contributed by atoms with Crippen LogP contribution in [0.5, 0.6) is 0 Å². The Hall–Kier alpha value is -2.12. The van der Waals surface area contributed by atoms with Crippen molar-refractivity contribution in [3.63, 3.8) is 0 Å². The number of nitrogens with two attached hydrogens (primary N) is 1. The molecule has 138 valence electrons. The van der Waals surface area contributed by atoms with Crippen LogP contribution >= 0.6 is 12.4 Å². The van der Waals surface area contributed by atoms with Crippen LogP contribution in [0.15, 0.2) is 30.3 Å². The van der Waals surface area contributed by atoms with E-state index in [0.717, 1.165) is 12.0 Å². The summed E-state index contributed by atoms with van der Waals surface area (Å²) >= 11 is 0. The van der Waals surface area contributed by atoms with E-state index in [4.69, 9.17) is 5.73 Å². The van der Waals surface area contributed by atoms with Crippen LogP contribution in [0.1, 0.15) is 24.8 Å². The van der Waals surface area contributed by atoms with Crippen molar-refractivity contribution in [3.8, 4) is 0 Å². The maximum Gasteiger partial charge on any atom is 0.320 e. The zero-order chi connectivity index (χ0) is 17.5. The van der Waals surface area contributed by atoms with Crippen LogP contribution in [-0.4, -0.2) is 58.4 Å². The number of halogens is 1. The molecule has 1 aromatic carbocycles. The van der Waals surface area contributed by atoms with Crippen LogP contribution in [0, 0.1) is 0 Å². The smallest absolute Gasteiger partial charge is 0.320 e. The molecule has 25 heavy (non-hydrogen) atoms. The topological polar surface area (TPSA) is 104 Å². The number of carboxylic acid groups (broad SMARTS) is 1. The van der Waals surface area contributed by atoms with Crippen molar-refractivity contribution in [3.05, 3.63) is 35.9 Å². The highest BCUT2D eigenvalue weighted by Crippen LogP contribution is 2.17. The first-order valence-corrected chi connectivity index (χ1v) is 8.04. The summed E-state index contributed by atoms with van der Waals surface area (Å²) in [5, 5.41) is 9.22. The van der Waals surface area contributed by atoms with Crippen molar-refractivity contribution in [2.45, 2.75) is 31.8 Å². The minimum Gasteiger partial charge on any atom is -0.480 e. The summed E-state index contributed by atoms with van der Waals surface area (Å²) in [5.74, 6) is -1.55. The second-order valence-electron chi connectivity index (χ2n) is 5.98. The number of amides is 2. The molecule has 8 heteroatoms. The van der Waals surface area contributed by atoms with Crippen LogP contribution in [0.4, 0.5) is 0 Å². The average molecular weight is 370 g/mol. The van der Waals surface area contributed by atoms with E-state index in [0.29, 0.717) is 19.5 Å². The monoisotopic (exact) mass is 369 g/mol. The summed E-state index contributed by atoms with van der Waals surface area (Å²) in [4.78, 5) is 38.2. The van der Waals surface area contributed by atoms with E-state index in [2.05, 4.69) is 0 Å². The van der Waals surface area contributed by atoms with E-state index in [1.165, 1.54) is 0 Å². The number of benzene rings is 1. The molecule has 1 fully saturated rings. The van der Waals surface area contributed by atoms with Gasteiger partial charge in [-0.1, -0.05) is 30.3 Å². The summed E-state index contributed by atoms with van der Waals surface area (Å²) in [6.07, 6.45) is 1.41. The Labute approximate surface area is 153 Å². The third-order valence-corrected chi connectivity index (χ3v) is 4.18. The Morgan fingerprint density at radius 3 is 2.52 bits per heavy atom. The second kappa shape index (κ2) is 10.0. The average Bonchev–Trinajstić information content (AvgIpc) is 3.00. The first-order chi connectivity index (χ1) is 11.5. The molecule has 2 amide bonds. The molecule has 0 aromatic heterocycles. The molecule has 1 heterocycles. The zero-order valence-electron chi connectivity index (χ0n) is 14.0. The summed E-state index contributed by atoms with van der Waals surface area (Å²) in [6, 6.07) is 8.85. The molecule has 7 nitrogen and oxygen atoms in total. The molecule has 3 N–H and O–H groups in total. The molecule has 0 aliphatic carbocycles. The van der Waals surface area contributed by atoms with Crippen LogP contribution < -0.4 is 5.73 Å². The molecule has 1 aliphatic rings. The van der Waals surface area contributed by atoms with Gasteiger partial charge in [0.2, 0.25) is 11.8 Å².